The van der Waals surface area contributed by atoms with Gasteiger partial charge in [0.1, 0.15) is 5.69 Å². The number of morpholine rings is 1. The molecule has 1 aliphatic rings. The van der Waals surface area contributed by atoms with Crippen molar-refractivity contribution in [2.24, 2.45) is 0 Å². The number of carboxylic acid groups (broad SMARTS) is 1. The average Bonchev–Trinajstić information content (AvgIpc) is 3.02. The highest BCUT2D eigenvalue weighted by Crippen LogP contribution is 2.29. The molecule has 3 heterocycles. The lowest BCUT2D eigenvalue weighted by Gasteiger charge is -2.31. The maximum atomic E-state index is 12.9. The molecule has 0 radical (unpaired) electrons. The number of ether oxygens (including phenoxy) is 1. The molecule has 0 aromatic carbocycles. The number of anilines is 1. The molecule has 0 saturated carbocycles. The first-order valence-corrected chi connectivity index (χ1v) is 8.03. The van der Waals surface area contributed by atoms with E-state index in [1.165, 1.54) is 16.8 Å². The Bertz CT molecular complexity index is 914. The van der Waals surface area contributed by atoms with Crippen LogP contribution in [0.1, 0.15) is 11.4 Å². The van der Waals surface area contributed by atoms with Gasteiger partial charge in [0.05, 0.1) is 18.8 Å². The number of alkyl halides is 3. The van der Waals surface area contributed by atoms with Crippen molar-refractivity contribution >= 4 is 17.7 Å². The van der Waals surface area contributed by atoms with Crippen LogP contribution in [-0.4, -0.2) is 62.2 Å². The molecule has 2 unspecified atom stereocenters. The average molecular weight is 400 g/mol. The lowest BCUT2D eigenvalue weighted by atomic mass is 10.1. The minimum atomic E-state index is -4.62. The van der Waals surface area contributed by atoms with Gasteiger partial charge in [0.15, 0.2) is 18.0 Å². The molecule has 0 bridgehead atoms. The van der Waals surface area contributed by atoms with Crippen LogP contribution in [0.2, 0.25) is 0 Å². The number of aliphatic carboxylic acids is 1. The Hall–Kier alpha value is -2.99. The summed E-state index contributed by atoms with van der Waals surface area (Å²) in [6.07, 6.45) is -7.28. The van der Waals surface area contributed by atoms with Crippen molar-refractivity contribution in [3.63, 3.8) is 0 Å². The number of carbonyl (C=O) groups is 2. The number of aliphatic hydroxyl groups excluding tert-OH is 1. The molecule has 2 aromatic heterocycles. The zero-order chi connectivity index (χ0) is 20.6. The van der Waals surface area contributed by atoms with Crippen molar-refractivity contribution < 1.29 is 37.7 Å². The van der Waals surface area contributed by atoms with Gasteiger partial charge in [-0.05, 0) is 19.1 Å². The topological polar surface area (TPSA) is 118 Å². The molecule has 1 saturated heterocycles. The van der Waals surface area contributed by atoms with E-state index in [0.717, 1.165) is 17.2 Å². The first kappa shape index (κ1) is 19.8. The second-order valence-corrected chi connectivity index (χ2v) is 6.02. The van der Waals surface area contributed by atoms with Crippen LogP contribution in [0, 0.1) is 6.92 Å². The van der Waals surface area contributed by atoms with Crippen molar-refractivity contribution in [3.8, 4) is 5.69 Å². The van der Waals surface area contributed by atoms with Crippen LogP contribution < -0.4 is 4.90 Å². The highest BCUT2D eigenvalue weighted by Gasteiger charge is 2.40. The van der Waals surface area contributed by atoms with Crippen molar-refractivity contribution in [1.29, 1.82) is 0 Å². The normalized spacial score (nSPS) is 19.0. The van der Waals surface area contributed by atoms with E-state index in [9.17, 15) is 27.9 Å². The molecule has 150 valence electrons. The van der Waals surface area contributed by atoms with Crippen LogP contribution in [-0.2, 0) is 20.5 Å². The fourth-order valence-electron chi connectivity index (χ4n) is 2.75. The van der Waals surface area contributed by atoms with Gasteiger partial charge in [-0.25, -0.2) is 9.48 Å². The van der Waals surface area contributed by atoms with Crippen LogP contribution in [0.25, 0.3) is 5.69 Å². The van der Waals surface area contributed by atoms with Gasteiger partial charge in [0.25, 0.3) is 5.91 Å². The van der Waals surface area contributed by atoms with E-state index >= 15 is 0 Å². The number of nitrogens with zero attached hydrogens (tertiary/aromatic N) is 4. The summed E-state index contributed by atoms with van der Waals surface area (Å²) < 4.78 is 44.9. The summed E-state index contributed by atoms with van der Waals surface area (Å²) in [5.74, 6) is -2.33. The molecule has 1 aliphatic heterocycles. The third-order valence-electron chi connectivity index (χ3n) is 4.09. The number of halogens is 3. The van der Waals surface area contributed by atoms with Gasteiger partial charge < -0.3 is 14.9 Å². The minimum Gasteiger partial charge on any atom is -0.479 e. The smallest absolute Gasteiger partial charge is 0.433 e. The molecule has 1 fully saturated rings. The number of aliphatic hydroxyl groups is 1. The second-order valence-electron chi connectivity index (χ2n) is 6.02. The number of carboxylic acids is 1. The number of pyridine rings is 1. The summed E-state index contributed by atoms with van der Waals surface area (Å²) in [6.45, 7) is 1.58. The van der Waals surface area contributed by atoms with Crippen LogP contribution in [0.5, 0.6) is 0 Å². The van der Waals surface area contributed by atoms with Gasteiger partial charge in [-0.3, -0.25) is 14.7 Å². The van der Waals surface area contributed by atoms with Gasteiger partial charge in [0.2, 0.25) is 0 Å². The Morgan fingerprint density at radius 1 is 1.39 bits per heavy atom. The molecule has 1 amide bonds. The largest absolute Gasteiger partial charge is 0.479 e. The molecule has 9 nitrogen and oxygen atoms in total. The predicted octanol–water partition coefficient (Wildman–Crippen LogP) is 0.772. The Kier molecular flexibility index (Phi) is 5.08. The summed E-state index contributed by atoms with van der Waals surface area (Å²) in [5.41, 5.74) is -0.564. The Morgan fingerprint density at radius 3 is 2.75 bits per heavy atom. The molecule has 2 aromatic rings. The Labute approximate surface area is 156 Å². The van der Waals surface area contributed by atoms with Crippen molar-refractivity contribution in [2.75, 3.05) is 18.1 Å². The number of aryl methyl sites for hydroxylation is 1. The van der Waals surface area contributed by atoms with E-state index in [-0.39, 0.29) is 24.7 Å². The van der Waals surface area contributed by atoms with Crippen molar-refractivity contribution in [1.82, 2.24) is 14.8 Å². The lowest BCUT2D eigenvalue weighted by molar-refractivity contribution is -0.163. The molecule has 12 heteroatoms. The molecule has 2 atom stereocenters. The van der Waals surface area contributed by atoms with Gasteiger partial charge in [0, 0.05) is 18.0 Å². The van der Waals surface area contributed by atoms with E-state index in [0.29, 0.717) is 5.69 Å². The van der Waals surface area contributed by atoms with E-state index in [4.69, 9.17) is 9.84 Å². The molecule has 0 spiro atoms. The number of hydrogen-bond acceptors (Lipinski definition) is 6. The van der Waals surface area contributed by atoms with Gasteiger partial charge >= 0.3 is 12.1 Å². The SMILES string of the molecule is Cc1cc(N2CCOC(C(O)C(=O)O)C2=O)nn1-c1ccnc(C(F)(F)F)c1. The summed E-state index contributed by atoms with van der Waals surface area (Å²) in [5, 5.41) is 22.7. The fraction of sp³-hybridized carbons (Fsp3) is 0.375. The van der Waals surface area contributed by atoms with Crippen LogP contribution in [0.15, 0.2) is 24.4 Å². The van der Waals surface area contributed by atoms with Crippen molar-refractivity contribution in [2.45, 2.75) is 25.3 Å². The second kappa shape index (κ2) is 7.20. The zero-order valence-corrected chi connectivity index (χ0v) is 14.4. The molecule has 0 aliphatic carbocycles. The molecule has 2 N–H and O–H groups in total. The molecular weight excluding hydrogens is 385 g/mol. The van der Waals surface area contributed by atoms with E-state index in [1.807, 2.05) is 0 Å². The first-order chi connectivity index (χ1) is 13.1. The van der Waals surface area contributed by atoms with Gasteiger partial charge in [-0.15, -0.1) is 5.10 Å². The Morgan fingerprint density at radius 2 is 2.11 bits per heavy atom. The number of aromatic nitrogens is 3. The maximum Gasteiger partial charge on any atom is 0.433 e. The summed E-state index contributed by atoms with van der Waals surface area (Å²) >= 11 is 0. The highest BCUT2D eigenvalue weighted by molar-refractivity contribution is 5.99. The standard InChI is InChI=1S/C16H15F3N4O5/c1-8-6-11(22-4-5-28-13(14(22)25)12(24)15(26)27)21-23(8)9-2-3-20-10(7-9)16(17,18)19/h2-3,6-7,12-13,24H,4-5H2,1H3,(H,26,27). The van der Waals surface area contributed by atoms with Crippen LogP contribution in [0.3, 0.4) is 0 Å². The number of amides is 1. The molecule has 28 heavy (non-hydrogen) atoms. The molecule has 3 rings (SSSR count). The van der Waals surface area contributed by atoms with Crippen molar-refractivity contribution in [3.05, 3.63) is 35.8 Å². The zero-order valence-electron chi connectivity index (χ0n) is 14.4. The maximum absolute atomic E-state index is 12.9. The van der Waals surface area contributed by atoms with E-state index in [2.05, 4.69) is 10.1 Å². The summed E-state index contributed by atoms with van der Waals surface area (Å²) in [4.78, 5) is 27.8. The molecular formula is C16H15F3N4O5. The first-order valence-electron chi connectivity index (χ1n) is 8.03. The highest BCUT2D eigenvalue weighted by atomic mass is 19.4. The Balaban J connectivity index is 1.92. The third kappa shape index (κ3) is 3.68. The summed E-state index contributed by atoms with van der Waals surface area (Å²) in [6, 6.07) is 3.61. The monoisotopic (exact) mass is 400 g/mol. The van der Waals surface area contributed by atoms with Gasteiger partial charge in [-0.1, -0.05) is 0 Å². The lowest BCUT2D eigenvalue weighted by Crippen LogP contribution is -2.54. The third-order valence-corrected chi connectivity index (χ3v) is 4.09. The summed E-state index contributed by atoms with van der Waals surface area (Å²) in [7, 11) is 0. The minimum absolute atomic E-state index is 0.0415. The van der Waals surface area contributed by atoms with E-state index < -0.39 is 36.0 Å². The predicted molar refractivity (Wildman–Crippen MR) is 86.8 cm³/mol. The quantitative estimate of drug-likeness (QED) is 0.778. The van der Waals surface area contributed by atoms with Crippen LogP contribution in [0.4, 0.5) is 19.0 Å². The van der Waals surface area contributed by atoms with Gasteiger partial charge in [-0.2, -0.15) is 13.2 Å². The van der Waals surface area contributed by atoms with E-state index in [1.54, 1.807) is 6.92 Å². The number of carbonyl (C=O) groups excluding carboxylic acids is 1. The number of hydrogen-bond donors (Lipinski definition) is 2. The fourth-order valence-corrected chi connectivity index (χ4v) is 2.75. The number of rotatable bonds is 4. The van der Waals surface area contributed by atoms with Crippen LogP contribution >= 0.6 is 0 Å².